The number of nitrogens with one attached hydrogen (secondary N) is 1. The van der Waals surface area contributed by atoms with Gasteiger partial charge in [-0.1, -0.05) is 28.1 Å². The van der Waals surface area contributed by atoms with Crippen LogP contribution in [0.1, 0.15) is 24.8 Å². The number of halogens is 1. The Balaban J connectivity index is 1.89. The van der Waals surface area contributed by atoms with Crippen molar-refractivity contribution in [1.82, 2.24) is 5.32 Å². The quantitative estimate of drug-likeness (QED) is 0.797. The summed E-state index contributed by atoms with van der Waals surface area (Å²) >= 11 is 3.50. The molecule has 0 saturated heterocycles. The first-order valence-electron chi connectivity index (χ1n) is 6.85. The lowest BCUT2D eigenvalue weighted by Gasteiger charge is -2.18. The maximum Gasteiger partial charge on any atom is 0.222 e. The number of amides is 1. The molecule has 1 aromatic carbocycles. The monoisotopic (exact) mass is 340 g/mol. The molecule has 1 atom stereocenters. The lowest BCUT2D eigenvalue weighted by atomic mass is 9.96. The van der Waals surface area contributed by atoms with E-state index in [1.165, 1.54) is 5.56 Å². The predicted octanol–water partition coefficient (Wildman–Crippen LogP) is 1.96. The van der Waals surface area contributed by atoms with Gasteiger partial charge in [0.15, 0.2) is 0 Å². The van der Waals surface area contributed by atoms with E-state index < -0.39 is 0 Å². The molecule has 1 amide bonds. The lowest BCUT2D eigenvalue weighted by molar-refractivity contribution is -0.123. The van der Waals surface area contributed by atoms with Gasteiger partial charge in [0.1, 0.15) is 0 Å². The summed E-state index contributed by atoms with van der Waals surface area (Å²) in [6.45, 7) is 1.05. The van der Waals surface area contributed by atoms with Crippen molar-refractivity contribution in [3.8, 4) is 0 Å². The van der Waals surface area contributed by atoms with Crippen molar-refractivity contribution in [3.63, 3.8) is 0 Å². The predicted molar refractivity (Wildman–Crippen MR) is 82.5 cm³/mol. The van der Waals surface area contributed by atoms with E-state index in [9.17, 15) is 4.79 Å². The number of ether oxygens (including phenoxy) is 1. The van der Waals surface area contributed by atoms with Gasteiger partial charge in [-0.2, -0.15) is 0 Å². The molecule has 0 heterocycles. The summed E-state index contributed by atoms with van der Waals surface area (Å²) in [5.74, 6) is 0.00331. The van der Waals surface area contributed by atoms with Crippen LogP contribution in [0.15, 0.2) is 28.7 Å². The molecule has 1 aliphatic carbocycles. The van der Waals surface area contributed by atoms with Crippen molar-refractivity contribution < 1.29 is 9.53 Å². The van der Waals surface area contributed by atoms with E-state index in [1.807, 2.05) is 12.1 Å². The molecule has 0 aromatic heterocycles. The minimum Gasteiger partial charge on any atom is -0.380 e. The van der Waals surface area contributed by atoms with Gasteiger partial charge in [-0.3, -0.25) is 4.79 Å². The zero-order chi connectivity index (χ0) is 14.6. The van der Waals surface area contributed by atoms with E-state index in [0.29, 0.717) is 19.5 Å². The molecule has 1 fully saturated rings. The molecule has 0 radical (unpaired) electrons. The van der Waals surface area contributed by atoms with Crippen molar-refractivity contribution in [2.75, 3.05) is 20.2 Å². The molecule has 1 saturated carbocycles. The Morgan fingerprint density at radius 2 is 2.30 bits per heavy atom. The molecule has 110 valence electrons. The van der Waals surface area contributed by atoms with Crippen molar-refractivity contribution in [2.24, 2.45) is 5.73 Å². The first-order chi connectivity index (χ1) is 9.59. The Hall–Kier alpha value is -0.910. The number of hydrogen-bond acceptors (Lipinski definition) is 3. The molecule has 4 nitrogen and oxygen atoms in total. The molecule has 1 aliphatic rings. The van der Waals surface area contributed by atoms with Crippen LogP contribution in [0.5, 0.6) is 0 Å². The molecule has 3 N–H and O–H groups in total. The van der Waals surface area contributed by atoms with Gasteiger partial charge in [-0.05, 0) is 30.5 Å². The number of nitrogens with two attached hydrogens (primary N) is 1. The normalized spacial score (nSPS) is 17.6. The number of methoxy groups -OCH3 is 1. The van der Waals surface area contributed by atoms with Gasteiger partial charge in [0.2, 0.25) is 5.91 Å². The Kier molecular flexibility index (Phi) is 5.18. The summed E-state index contributed by atoms with van der Waals surface area (Å²) in [6, 6.07) is 8.32. The molecule has 5 heteroatoms. The second-order valence-electron chi connectivity index (χ2n) is 5.36. The molecule has 20 heavy (non-hydrogen) atoms. The average Bonchev–Trinajstić information content (AvgIpc) is 3.24. The number of benzene rings is 1. The van der Waals surface area contributed by atoms with Crippen LogP contribution in [0.4, 0.5) is 0 Å². The largest absolute Gasteiger partial charge is 0.380 e. The van der Waals surface area contributed by atoms with Crippen LogP contribution in [0.2, 0.25) is 0 Å². The highest BCUT2D eigenvalue weighted by molar-refractivity contribution is 9.10. The van der Waals surface area contributed by atoms with Crippen LogP contribution in [0.25, 0.3) is 0 Å². The molecule has 2 rings (SSSR count). The summed E-state index contributed by atoms with van der Waals surface area (Å²) in [4.78, 5) is 11.9. The fraction of sp³-hybridized carbons (Fsp3) is 0.533. The number of hydrogen-bond donors (Lipinski definition) is 2. The van der Waals surface area contributed by atoms with Gasteiger partial charge in [0.05, 0.1) is 12.5 Å². The molecule has 1 aromatic rings. The molecular formula is C15H21BrN2O2. The third kappa shape index (κ3) is 3.81. The zero-order valence-corrected chi connectivity index (χ0v) is 13.3. The van der Waals surface area contributed by atoms with E-state index in [0.717, 1.165) is 17.3 Å². The molecule has 1 unspecified atom stereocenters. The molecule has 0 aliphatic heterocycles. The van der Waals surface area contributed by atoms with Crippen LogP contribution >= 0.6 is 15.9 Å². The van der Waals surface area contributed by atoms with E-state index in [-0.39, 0.29) is 17.4 Å². The van der Waals surface area contributed by atoms with Gasteiger partial charge >= 0.3 is 0 Å². The average molecular weight is 341 g/mol. The van der Waals surface area contributed by atoms with E-state index in [1.54, 1.807) is 7.11 Å². The van der Waals surface area contributed by atoms with Gasteiger partial charge in [0, 0.05) is 30.1 Å². The highest BCUT2D eigenvalue weighted by atomic mass is 79.9. The topological polar surface area (TPSA) is 64.3 Å². The Morgan fingerprint density at radius 3 is 2.85 bits per heavy atom. The van der Waals surface area contributed by atoms with Gasteiger partial charge in [0.25, 0.3) is 0 Å². The second kappa shape index (κ2) is 6.70. The van der Waals surface area contributed by atoms with Crippen LogP contribution < -0.4 is 11.1 Å². The van der Waals surface area contributed by atoms with Crippen molar-refractivity contribution in [3.05, 3.63) is 34.3 Å². The summed E-state index contributed by atoms with van der Waals surface area (Å²) in [7, 11) is 1.58. The van der Waals surface area contributed by atoms with Gasteiger partial charge < -0.3 is 15.8 Å². The minimum absolute atomic E-state index is 0.00331. The van der Waals surface area contributed by atoms with Gasteiger partial charge in [-0.25, -0.2) is 0 Å². The van der Waals surface area contributed by atoms with Crippen molar-refractivity contribution >= 4 is 21.8 Å². The first-order valence-corrected chi connectivity index (χ1v) is 7.64. The SMILES string of the molecule is COC(CN)CC(=O)NCC1(c2cccc(Br)c2)CC1. The highest BCUT2D eigenvalue weighted by Crippen LogP contribution is 2.48. The van der Waals surface area contributed by atoms with E-state index in [4.69, 9.17) is 10.5 Å². The van der Waals surface area contributed by atoms with Crippen LogP contribution in [0, 0.1) is 0 Å². The molecular weight excluding hydrogens is 320 g/mol. The van der Waals surface area contributed by atoms with Crippen molar-refractivity contribution in [1.29, 1.82) is 0 Å². The Morgan fingerprint density at radius 1 is 1.55 bits per heavy atom. The van der Waals surface area contributed by atoms with Gasteiger partial charge in [-0.15, -0.1) is 0 Å². The zero-order valence-electron chi connectivity index (χ0n) is 11.7. The summed E-state index contributed by atoms with van der Waals surface area (Å²) in [6.07, 6.45) is 2.36. The van der Waals surface area contributed by atoms with Crippen LogP contribution in [0.3, 0.4) is 0 Å². The summed E-state index contributed by atoms with van der Waals surface area (Å²) in [5.41, 5.74) is 6.93. The van der Waals surface area contributed by atoms with E-state index >= 15 is 0 Å². The summed E-state index contributed by atoms with van der Waals surface area (Å²) in [5, 5.41) is 3.01. The molecule has 0 bridgehead atoms. The standard InChI is InChI=1S/C15H21BrN2O2/c1-20-13(9-17)8-14(19)18-10-15(5-6-15)11-3-2-4-12(16)7-11/h2-4,7,13H,5-6,8-10,17H2,1H3,(H,18,19). The fourth-order valence-electron chi connectivity index (χ4n) is 2.35. The number of carbonyl (C=O) groups excluding carboxylic acids is 1. The van der Waals surface area contributed by atoms with Crippen LogP contribution in [-0.4, -0.2) is 32.2 Å². The molecule has 0 spiro atoms. The lowest BCUT2D eigenvalue weighted by Crippen LogP contribution is -2.36. The Bertz CT molecular complexity index is 471. The smallest absolute Gasteiger partial charge is 0.222 e. The maximum absolute atomic E-state index is 11.9. The third-order valence-electron chi connectivity index (χ3n) is 3.92. The number of carbonyl (C=O) groups is 1. The Labute approximate surface area is 128 Å². The first kappa shape index (κ1) is 15.5. The fourth-order valence-corrected chi connectivity index (χ4v) is 2.75. The summed E-state index contributed by atoms with van der Waals surface area (Å²) < 4.78 is 6.20. The third-order valence-corrected chi connectivity index (χ3v) is 4.42. The van der Waals surface area contributed by atoms with Crippen molar-refractivity contribution in [2.45, 2.75) is 30.8 Å². The van der Waals surface area contributed by atoms with Crippen LogP contribution in [-0.2, 0) is 14.9 Å². The number of rotatable bonds is 7. The van der Waals surface area contributed by atoms with E-state index in [2.05, 4.69) is 33.4 Å². The second-order valence-corrected chi connectivity index (χ2v) is 6.28. The highest BCUT2D eigenvalue weighted by Gasteiger charge is 2.44. The maximum atomic E-state index is 11.9. The minimum atomic E-state index is -0.198.